The van der Waals surface area contributed by atoms with E-state index in [1.54, 1.807) is 19.1 Å². The zero-order valence-electron chi connectivity index (χ0n) is 16.1. The van der Waals surface area contributed by atoms with Crippen LogP contribution in [-0.4, -0.2) is 18.0 Å². The number of carbonyl (C=O) groups excluding carboxylic acids is 2. The zero-order chi connectivity index (χ0) is 19.3. The van der Waals surface area contributed by atoms with E-state index in [1.807, 2.05) is 36.4 Å². The van der Waals surface area contributed by atoms with Crippen LogP contribution in [0.15, 0.2) is 48.5 Å². The van der Waals surface area contributed by atoms with Crippen molar-refractivity contribution >= 4 is 17.6 Å². The minimum absolute atomic E-state index is 0.0168. The Morgan fingerprint density at radius 2 is 1.58 bits per heavy atom. The average molecular weight is 353 g/mol. The lowest BCUT2D eigenvalue weighted by Crippen LogP contribution is -2.30. The second-order valence-corrected chi connectivity index (χ2v) is 7.41. The summed E-state index contributed by atoms with van der Waals surface area (Å²) in [5.74, 6) is -0.858. The van der Waals surface area contributed by atoms with Crippen molar-refractivity contribution < 1.29 is 14.3 Å². The van der Waals surface area contributed by atoms with Crippen LogP contribution in [0.5, 0.6) is 0 Å². The van der Waals surface area contributed by atoms with Crippen molar-refractivity contribution in [2.24, 2.45) is 0 Å². The molecule has 0 unspecified atom stereocenters. The molecule has 1 atom stereocenters. The Balaban J connectivity index is 1.95. The monoisotopic (exact) mass is 353 g/mol. The molecule has 0 saturated carbocycles. The molecule has 0 fully saturated rings. The van der Waals surface area contributed by atoms with Crippen molar-refractivity contribution in [3.05, 3.63) is 65.2 Å². The van der Waals surface area contributed by atoms with Gasteiger partial charge in [0, 0.05) is 5.69 Å². The maximum atomic E-state index is 12.3. The fraction of sp³-hybridized carbons (Fsp3) is 0.364. The predicted octanol–water partition coefficient (Wildman–Crippen LogP) is 4.73. The summed E-state index contributed by atoms with van der Waals surface area (Å²) in [4.78, 5) is 24.5. The third-order valence-corrected chi connectivity index (χ3v) is 4.27. The number of rotatable bonds is 5. The first-order valence-corrected chi connectivity index (χ1v) is 8.92. The topological polar surface area (TPSA) is 55.4 Å². The van der Waals surface area contributed by atoms with E-state index in [9.17, 15) is 9.59 Å². The smallest absolute Gasteiger partial charge is 0.338 e. The summed E-state index contributed by atoms with van der Waals surface area (Å²) < 4.78 is 5.29. The number of hydrogen-bond acceptors (Lipinski definition) is 3. The second kappa shape index (κ2) is 8.17. The third-order valence-electron chi connectivity index (χ3n) is 4.27. The van der Waals surface area contributed by atoms with Gasteiger partial charge in [-0.25, -0.2) is 4.79 Å². The fourth-order valence-corrected chi connectivity index (χ4v) is 2.46. The lowest BCUT2D eigenvalue weighted by molar-refractivity contribution is -0.123. The Morgan fingerprint density at radius 3 is 2.08 bits per heavy atom. The average Bonchev–Trinajstić information content (AvgIpc) is 2.61. The molecule has 4 nitrogen and oxygen atoms in total. The third kappa shape index (κ3) is 5.19. The van der Waals surface area contributed by atoms with Gasteiger partial charge < -0.3 is 10.1 Å². The molecule has 0 aliphatic carbocycles. The van der Waals surface area contributed by atoms with E-state index in [-0.39, 0.29) is 11.3 Å². The van der Waals surface area contributed by atoms with Gasteiger partial charge in [-0.2, -0.15) is 0 Å². The van der Waals surface area contributed by atoms with Crippen molar-refractivity contribution in [3.8, 4) is 0 Å². The molecule has 2 aromatic carbocycles. The van der Waals surface area contributed by atoms with Gasteiger partial charge in [0.2, 0.25) is 0 Å². The van der Waals surface area contributed by atoms with Gasteiger partial charge in [-0.1, -0.05) is 52.0 Å². The van der Waals surface area contributed by atoms with Gasteiger partial charge in [0.25, 0.3) is 5.91 Å². The molecular formula is C22H27NO3. The Hall–Kier alpha value is -2.62. The molecule has 0 aromatic heterocycles. The number of nitrogens with one attached hydrogen (secondary N) is 1. The number of ether oxygens (including phenoxy) is 1. The lowest BCUT2D eigenvalue weighted by atomic mass is 9.87. The maximum absolute atomic E-state index is 12.3. The van der Waals surface area contributed by atoms with Crippen molar-refractivity contribution in [1.29, 1.82) is 0 Å². The molecule has 1 N–H and O–H groups in total. The van der Waals surface area contributed by atoms with E-state index in [2.05, 4.69) is 33.0 Å². The molecular weight excluding hydrogens is 326 g/mol. The molecule has 0 heterocycles. The number of esters is 1. The van der Waals surface area contributed by atoms with Gasteiger partial charge in [0.05, 0.1) is 5.56 Å². The van der Waals surface area contributed by atoms with Crippen LogP contribution in [0, 0.1) is 0 Å². The van der Waals surface area contributed by atoms with Crippen molar-refractivity contribution in [2.45, 2.75) is 52.6 Å². The van der Waals surface area contributed by atoms with E-state index in [1.165, 1.54) is 5.56 Å². The predicted molar refractivity (Wildman–Crippen MR) is 104 cm³/mol. The van der Waals surface area contributed by atoms with Gasteiger partial charge in [-0.3, -0.25) is 4.79 Å². The van der Waals surface area contributed by atoms with Crippen molar-refractivity contribution in [1.82, 2.24) is 0 Å². The molecule has 1 amide bonds. The maximum Gasteiger partial charge on any atom is 0.338 e. The lowest BCUT2D eigenvalue weighted by Gasteiger charge is -2.19. The molecule has 2 aromatic rings. The second-order valence-electron chi connectivity index (χ2n) is 7.41. The van der Waals surface area contributed by atoms with Crippen molar-refractivity contribution in [2.75, 3.05) is 5.32 Å². The summed E-state index contributed by atoms with van der Waals surface area (Å²) in [6.45, 7) is 9.97. The summed E-state index contributed by atoms with van der Waals surface area (Å²) >= 11 is 0. The zero-order valence-corrected chi connectivity index (χ0v) is 16.1. The number of aryl methyl sites for hydroxylation is 1. The normalized spacial score (nSPS) is 12.3. The van der Waals surface area contributed by atoms with E-state index >= 15 is 0 Å². The van der Waals surface area contributed by atoms with E-state index < -0.39 is 12.1 Å². The molecule has 26 heavy (non-hydrogen) atoms. The van der Waals surface area contributed by atoms with Crippen LogP contribution in [0.2, 0.25) is 0 Å². The number of hydrogen-bond donors (Lipinski definition) is 1. The highest BCUT2D eigenvalue weighted by Gasteiger charge is 2.20. The fourth-order valence-electron chi connectivity index (χ4n) is 2.46. The van der Waals surface area contributed by atoms with Crippen molar-refractivity contribution in [3.63, 3.8) is 0 Å². The minimum atomic E-state index is -0.879. The Kier molecular flexibility index (Phi) is 6.19. The van der Waals surface area contributed by atoms with E-state index in [0.717, 1.165) is 12.0 Å². The number of carbonyl (C=O) groups is 2. The van der Waals surface area contributed by atoms with E-state index in [0.29, 0.717) is 11.3 Å². The Bertz CT molecular complexity index is 755. The first-order chi connectivity index (χ1) is 12.2. The number of benzene rings is 2. The van der Waals surface area contributed by atoms with Gasteiger partial charge in [-0.05, 0) is 54.2 Å². The van der Waals surface area contributed by atoms with Gasteiger partial charge in [0.1, 0.15) is 0 Å². The quantitative estimate of drug-likeness (QED) is 0.791. The molecule has 2 rings (SSSR count). The van der Waals surface area contributed by atoms with Gasteiger partial charge in [0.15, 0.2) is 6.10 Å². The van der Waals surface area contributed by atoms with Crippen LogP contribution in [0.25, 0.3) is 0 Å². The molecule has 0 spiro atoms. The highest BCUT2D eigenvalue weighted by molar-refractivity contribution is 5.97. The molecule has 0 aliphatic rings. The van der Waals surface area contributed by atoms with Crippen LogP contribution in [-0.2, 0) is 21.4 Å². The standard InChI is InChI=1S/C22H27NO3/c1-6-16-7-13-19(14-8-16)23-20(24)15(2)26-21(25)17-9-11-18(12-10-17)22(3,4)5/h7-15H,6H2,1-5H3,(H,23,24)/t15-/m1/s1. The SMILES string of the molecule is CCc1ccc(NC(=O)[C@@H](C)OC(=O)c2ccc(C(C)(C)C)cc2)cc1. The molecule has 138 valence electrons. The first kappa shape index (κ1) is 19.7. The number of amides is 1. The molecule has 0 aliphatic heterocycles. The summed E-state index contributed by atoms with van der Waals surface area (Å²) in [6, 6.07) is 14.9. The van der Waals surface area contributed by atoms with Gasteiger partial charge >= 0.3 is 5.97 Å². The molecule has 0 saturated heterocycles. The van der Waals surface area contributed by atoms with E-state index in [4.69, 9.17) is 4.74 Å². The summed E-state index contributed by atoms with van der Waals surface area (Å²) in [7, 11) is 0. The van der Waals surface area contributed by atoms with Crippen LogP contribution in [0.3, 0.4) is 0 Å². The van der Waals surface area contributed by atoms with Crippen LogP contribution in [0.4, 0.5) is 5.69 Å². The highest BCUT2D eigenvalue weighted by atomic mass is 16.5. The van der Waals surface area contributed by atoms with Crippen LogP contribution >= 0.6 is 0 Å². The first-order valence-electron chi connectivity index (χ1n) is 8.92. The molecule has 0 radical (unpaired) electrons. The van der Waals surface area contributed by atoms with Crippen LogP contribution in [0.1, 0.15) is 56.1 Å². The number of anilines is 1. The molecule has 4 heteroatoms. The summed E-state index contributed by atoms with van der Waals surface area (Å²) in [6.07, 6.45) is 0.0617. The Morgan fingerprint density at radius 1 is 1.00 bits per heavy atom. The van der Waals surface area contributed by atoms with Gasteiger partial charge in [-0.15, -0.1) is 0 Å². The van der Waals surface area contributed by atoms with Crippen LogP contribution < -0.4 is 5.32 Å². The highest BCUT2D eigenvalue weighted by Crippen LogP contribution is 2.22. The molecule has 0 bridgehead atoms. The Labute approximate surface area is 155 Å². The summed E-state index contributed by atoms with van der Waals surface area (Å²) in [5.41, 5.74) is 3.47. The summed E-state index contributed by atoms with van der Waals surface area (Å²) in [5, 5.41) is 2.76. The largest absolute Gasteiger partial charge is 0.449 e. The minimum Gasteiger partial charge on any atom is -0.449 e.